The first kappa shape index (κ1) is 14.8. The minimum atomic E-state index is 0.201. The van der Waals surface area contributed by atoms with Crippen LogP contribution in [0.1, 0.15) is 11.8 Å². The zero-order valence-corrected chi connectivity index (χ0v) is 13.3. The molecule has 1 atom stereocenters. The molecule has 3 rings (SSSR count). The quantitative estimate of drug-likeness (QED) is 0.757. The molecule has 0 saturated carbocycles. The molecule has 0 saturated heterocycles. The van der Waals surface area contributed by atoms with Crippen LogP contribution in [0, 0.1) is 0 Å². The van der Waals surface area contributed by atoms with Gasteiger partial charge in [-0.2, -0.15) is 0 Å². The maximum Gasteiger partial charge on any atom is 0.163 e. The SMILES string of the molecule is C[NH+](C)[C@H](CNc1ncnc2cc(Cl)ccc12)c1ccco1. The minimum Gasteiger partial charge on any atom is -0.463 e. The van der Waals surface area contributed by atoms with E-state index < -0.39 is 0 Å². The number of anilines is 1. The van der Waals surface area contributed by atoms with Gasteiger partial charge in [0.25, 0.3) is 0 Å². The van der Waals surface area contributed by atoms with Gasteiger partial charge in [0, 0.05) is 10.4 Å². The lowest BCUT2D eigenvalue weighted by Crippen LogP contribution is -3.06. The molecule has 1 aromatic carbocycles. The first-order chi connectivity index (χ1) is 10.6. The fourth-order valence-electron chi connectivity index (χ4n) is 2.45. The van der Waals surface area contributed by atoms with Crippen molar-refractivity contribution in [2.75, 3.05) is 26.0 Å². The molecule has 3 aromatic rings. The number of aromatic nitrogens is 2. The lowest BCUT2D eigenvalue weighted by Gasteiger charge is -2.20. The lowest BCUT2D eigenvalue weighted by molar-refractivity contribution is -0.891. The van der Waals surface area contributed by atoms with Crippen LogP contribution >= 0.6 is 11.6 Å². The molecule has 0 aliphatic heterocycles. The number of nitrogens with one attached hydrogen (secondary N) is 2. The predicted octanol–water partition coefficient (Wildman–Crippen LogP) is 2.17. The third kappa shape index (κ3) is 3.05. The summed E-state index contributed by atoms with van der Waals surface area (Å²) in [5, 5.41) is 5.03. The summed E-state index contributed by atoms with van der Waals surface area (Å²) >= 11 is 6.01. The van der Waals surface area contributed by atoms with Gasteiger partial charge in [0.15, 0.2) is 11.8 Å². The van der Waals surface area contributed by atoms with Crippen molar-refractivity contribution >= 4 is 28.3 Å². The molecule has 0 aliphatic rings. The average Bonchev–Trinajstić information content (AvgIpc) is 3.01. The summed E-state index contributed by atoms with van der Waals surface area (Å²) in [4.78, 5) is 9.88. The van der Waals surface area contributed by atoms with Crippen LogP contribution in [-0.2, 0) is 0 Å². The van der Waals surface area contributed by atoms with E-state index in [1.165, 1.54) is 4.90 Å². The molecule has 2 N–H and O–H groups in total. The summed E-state index contributed by atoms with van der Waals surface area (Å²) < 4.78 is 5.54. The minimum absolute atomic E-state index is 0.201. The van der Waals surface area contributed by atoms with Crippen molar-refractivity contribution in [1.82, 2.24) is 9.97 Å². The van der Waals surface area contributed by atoms with E-state index in [-0.39, 0.29) is 6.04 Å². The van der Waals surface area contributed by atoms with E-state index in [9.17, 15) is 0 Å². The maximum absolute atomic E-state index is 6.01. The van der Waals surface area contributed by atoms with Gasteiger partial charge < -0.3 is 14.6 Å². The highest BCUT2D eigenvalue weighted by Crippen LogP contribution is 2.23. The van der Waals surface area contributed by atoms with Gasteiger partial charge in [-0.3, -0.25) is 0 Å². The van der Waals surface area contributed by atoms with E-state index in [0.29, 0.717) is 11.6 Å². The van der Waals surface area contributed by atoms with E-state index >= 15 is 0 Å². The number of nitrogens with zero attached hydrogens (tertiary/aromatic N) is 2. The monoisotopic (exact) mass is 317 g/mol. The van der Waals surface area contributed by atoms with Crippen molar-refractivity contribution in [3.8, 4) is 0 Å². The standard InChI is InChI=1S/C16H17ClN4O/c1-21(2)14(15-4-3-7-22-15)9-18-16-12-6-5-11(17)8-13(12)19-10-20-16/h3-8,10,14H,9H2,1-2H3,(H,18,19,20)/p+1/t14-/m1/s1. The Balaban J connectivity index is 1.84. The van der Waals surface area contributed by atoms with Crippen LogP contribution in [0.4, 0.5) is 5.82 Å². The Hall–Kier alpha value is -2.11. The smallest absolute Gasteiger partial charge is 0.163 e. The second-order valence-electron chi connectivity index (χ2n) is 5.41. The van der Waals surface area contributed by atoms with Crippen LogP contribution in [0.25, 0.3) is 10.9 Å². The Morgan fingerprint density at radius 3 is 2.86 bits per heavy atom. The number of fused-ring (bicyclic) bond motifs is 1. The van der Waals surface area contributed by atoms with Gasteiger partial charge in [-0.15, -0.1) is 0 Å². The number of quaternary nitrogens is 1. The lowest BCUT2D eigenvalue weighted by atomic mass is 10.2. The van der Waals surface area contributed by atoms with Crippen LogP contribution in [0.5, 0.6) is 0 Å². The number of hydrogen-bond donors (Lipinski definition) is 2. The van der Waals surface area contributed by atoms with Gasteiger partial charge in [-0.1, -0.05) is 11.6 Å². The van der Waals surface area contributed by atoms with Crippen molar-refractivity contribution in [2.24, 2.45) is 0 Å². The molecule has 0 fully saturated rings. The third-order valence-corrected chi connectivity index (χ3v) is 3.89. The Labute approximate surface area is 133 Å². The predicted molar refractivity (Wildman–Crippen MR) is 87.3 cm³/mol. The number of furan rings is 1. The Bertz CT molecular complexity index is 758. The highest BCUT2D eigenvalue weighted by molar-refractivity contribution is 6.31. The molecule has 0 spiro atoms. The second-order valence-corrected chi connectivity index (χ2v) is 5.85. The summed E-state index contributed by atoms with van der Waals surface area (Å²) in [6.07, 6.45) is 3.25. The van der Waals surface area contributed by atoms with Crippen molar-refractivity contribution in [3.63, 3.8) is 0 Å². The van der Waals surface area contributed by atoms with E-state index in [1.807, 2.05) is 30.3 Å². The molecule has 2 heterocycles. The molecule has 5 nitrogen and oxygen atoms in total. The number of halogens is 1. The summed E-state index contributed by atoms with van der Waals surface area (Å²) in [5.74, 6) is 1.76. The van der Waals surface area contributed by atoms with Crippen LogP contribution in [0.15, 0.2) is 47.3 Å². The fraction of sp³-hybridized carbons (Fsp3) is 0.250. The number of benzene rings is 1. The van der Waals surface area contributed by atoms with Gasteiger partial charge in [-0.05, 0) is 30.3 Å². The Kier molecular flexibility index (Phi) is 4.27. The van der Waals surface area contributed by atoms with E-state index in [0.717, 1.165) is 22.5 Å². The molecule has 6 heteroatoms. The topological polar surface area (TPSA) is 55.4 Å². The van der Waals surface area contributed by atoms with Crippen molar-refractivity contribution in [2.45, 2.75) is 6.04 Å². The first-order valence-electron chi connectivity index (χ1n) is 7.12. The molecule has 0 amide bonds. The van der Waals surface area contributed by atoms with E-state index in [1.54, 1.807) is 12.6 Å². The largest absolute Gasteiger partial charge is 0.463 e. The maximum atomic E-state index is 6.01. The molecule has 0 unspecified atom stereocenters. The van der Waals surface area contributed by atoms with Crippen molar-refractivity contribution < 1.29 is 9.32 Å². The number of rotatable bonds is 5. The van der Waals surface area contributed by atoms with Gasteiger partial charge in [0.2, 0.25) is 0 Å². The van der Waals surface area contributed by atoms with Gasteiger partial charge in [0.1, 0.15) is 12.1 Å². The molecular formula is C16H18ClN4O+. The summed E-state index contributed by atoms with van der Waals surface area (Å²) in [6.45, 7) is 0.713. The molecule has 0 bridgehead atoms. The fourth-order valence-corrected chi connectivity index (χ4v) is 2.61. The number of hydrogen-bond acceptors (Lipinski definition) is 4. The van der Waals surface area contributed by atoms with Crippen LogP contribution in [-0.4, -0.2) is 30.6 Å². The van der Waals surface area contributed by atoms with Crippen LogP contribution in [0.3, 0.4) is 0 Å². The summed E-state index contributed by atoms with van der Waals surface area (Å²) in [5.41, 5.74) is 0.830. The average molecular weight is 318 g/mol. The second kappa shape index (κ2) is 6.34. The zero-order valence-electron chi connectivity index (χ0n) is 12.5. The Morgan fingerprint density at radius 2 is 2.14 bits per heavy atom. The van der Waals surface area contributed by atoms with Crippen molar-refractivity contribution in [3.05, 3.63) is 53.7 Å². The molecule has 0 aliphatic carbocycles. The molecule has 114 valence electrons. The Morgan fingerprint density at radius 1 is 1.27 bits per heavy atom. The first-order valence-corrected chi connectivity index (χ1v) is 7.50. The van der Waals surface area contributed by atoms with Crippen molar-refractivity contribution in [1.29, 1.82) is 0 Å². The van der Waals surface area contributed by atoms with Crippen LogP contribution < -0.4 is 10.2 Å². The third-order valence-electron chi connectivity index (χ3n) is 3.66. The van der Waals surface area contributed by atoms with Gasteiger partial charge in [0.05, 0.1) is 32.4 Å². The summed E-state index contributed by atoms with van der Waals surface area (Å²) in [6, 6.07) is 9.73. The number of likely N-dealkylation sites (N-methyl/N-ethyl adjacent to an activating group) is 1. The molecule has 22 heavy (non-hydrogen) atoms. The van der Waals surface area contributed by atoms with E-state index in [2.05, 4.69) is 29.4 Å². The molecular weight excluding hydrogens is 300 g/mol. The normalized spacial score (nSPS) is 12.7. The van der Waals surface area contributed by atoms with Gasteiger partial charge >= 0.3 is 0 Å². The highest BCUT2D eigenvalue weighted by Gasteiger charge is 2.20. The summed E-state index contributed by atoms with van der Waals surface area (Å²) in [7, 11) is 4.21. The molecule has 0 radical (unpaired) electrons. The van der Waals surface area contributed by atoms with Crippen LogP contribution in [0.2, 0.25) is 5.02 Å². The zero-order chi connectivity index (χ0) is 15.5. The van der Waals surface area contributed by atoms with Gasteiger partial charge in [-0.25, -0.2) is 9.97 Å². The molecule has 2 aromatic heterocycles. The highest BCUT2D eigenvalue weighted by atomic mass is 35.5. The van der Waals surface area contributed by atoms with E-state index in [4.69, 9.17) is 16.0 Å².